The summed E-state index contributed by atoms with van der Waals surface area (Å²) in [5, 5.41) is 2.28. The van der Waals surface area contributed by atoms with Gasteiger partial charge in [-0.2, -0.15) is 0 Å². The molecule has 0 unspecified atom stereocenters. The first-order valence-corrected chi connectivity index (χ1v) is 7.49. The average molecular weight is 318 g/mol. The van der Waals surface area contributed by atoms with Crippen LogP contribution in [0.5, 0.6) is 0 Å². The first-order valence-electron chi connectivity index (χ1n) is 7.49. The minimum atomic E-state index is -0.781. The zero-order valence-corrected chi connectivity index (χ0v) is 13.3. The molecule has 0 atom stereocenters. The minimum Gasteiger partial charge on any atom is -0.320 e. The Labute approximate surface area is 134 Å². The highest BCUT2D eigenvalue weighted by atomic mass is 19.1. The van der Waals surface area contributed by atoms with E-state index < -0.39 is 23.2 Å². The van der Waals surface area contributed by atoms with Crippen LogP contribution in [0.25, 0.3) is 0 Å². The Hall–Kier alpha value is -2.27. The summed E-state index contributed by atoms with van der Waals surface area (Å²) in [4.78, 5) is 13.7. The van der Waals surface area contributed by atoms with E-state index >= 15 is 0 Å². The van der Waals surface area contributed by atoms with Crippen molar-refractivity contribution in [3.8, 4) is 0 Å². The molecule has 23 heavy (non-hydrogen) atoms. The molecule has 0 heterocycles. The minimum absolute atomic E-state index is 0.0449. The molecule has 0 aliphatic heterocycles. The Morgan fingerprint density at radius 3 is 2.17 bits per heavy atom. The molecule has 1 amide bonds. The van der Waals surface area contributed by atoms with Gasteiger partial charge in [-0.1, -0.05) is 37.3 Å². The molecule has 0 fully saturated rings. The van der Waals surface area contributed by atoms with Crippen molar-refractivity contribution in [1.29, 1.82) is 0 Å². The van der Waals surface area contributed by atoms with Gasteiger partial charge in [0.25, 0.3) is 0 Å². The van der Waals surface area contributed by atoms with E-state index in [1.54, 1.807) is 11.9 Å². The summed E-state index contributed by atoms with van der Waals surface area (Å²) >= 11 is 0. The number of amides is 1. The van der Waals surface area contributed by atoms with Crippen molar-refractivity contribution < 1.29 is 13.6 Å². The lowest BCUT2D eigenvalue weighted by molar-refractivity contribution is -0.117. The summed E-state index contributed by atoms with van der Waals surface area (Å²) in [5.41, 5.74) is 1.93. The maximum absolute atomic E-state index is 13.5. The molecule has 1 N–H and O–H groups in total. The van der Waals surface area contributed by atoms with E-state index in [9.17, 15) is 13.6 Å². The molecule has 0 aliphatic carbocycles. The number of para-hydroxylation sites is 1. The number of halogens is 2. The largest absolute Gasteiger partial charge is 0.320 e. The number of carbonyl (C=O) groups excluding carboxylic acids is 1. The SMILES string of the molecule is CCc1ccc(CN(C)CC(=O)Nc2c(F)cccc2F)cc1. The number of hydrogen-bond acceptors (Lipinski definition) is 2. The third kappa shape index (κ3) is 4.86. The summed E-state index contributed by atoms with van der Waals surface area (Å²) in [6.07, 6.45) is 0.979. The molecule has 0 bridgehead atoms. The summed E-state index contributed by atoms with van der Waals surface area (Å²) in [5.74, 6) is -2.02. The van der Waals surface area contributed by atoms with Crippen LogP contribution in [-0.2, 0) is 17.8 Å². The van der Waals surface area contributed by atoms with Gasteiger partial charge in [0.15, 0.2) is 0 Å². The van der Waals surface area contributed by atoms with Gasteiger partial charge in [-0.05, 0) is 36.7 Å². The van der Waals surface area contributed by atoms with Gasteiger partial charge in [-0.25, -0.2) is 8.78 Å². The first-order chi connectivity index (χ1) is 11.0. The maximum Gasteiger partial charge on any atom is 0.238 e. The number of nitrogens with one attached hydrogen (secondary N) is 1. The molecular formula is C18H20F2N2O. The number of carbonyl (C=O) groups is 1. The highest BCUT2D eigenvalue weighted by molar-refractivity contribution is 5.92. The molecule has 122 valence electrons. The molecule has 2 aromatic rings. The van der Waals surface area contributed by atoms with E-state index in [0.717, 1.165) is 24.1 Å². The standard InChI is InChI=1S/C18H20F2N2O/c1-3-13-7-9-14(10-8-13)11-22(2)12-17(23)21-18-15(19)5-4-6-16(18)20/h4-10H,3,11-12H2,1-2H3,(H,21,23). The van der Waals surface area contributed by atoms with Crippen LogP contribution in [0, 0.1) is 11.6 Å². The molecule has 0 aliphatic rings. The Bertz CT molecular complexity index is 651. The van der Waals surface area contributed by atoms with E-state index in [-0.39, 0.29) is 6.54 Å². The molecule has 0 aromatic heterocycles. The smallest absolute Gasteiger partial charge is 0.238 e. The number of nitrogens with zero attached hydrogens (tertiary/aromatic N) is 1. The Morgan fingerprint density at radius 2 is 1.61 bits per heavy atom. The number of rotatable bonds is 6. The summed E-state index contributed by atoms with van der Waals surface area (Å²) in [6, 6.07) is 11.6. The second-order valence-corrected chi connectivity index (χ2v) is 5.49. The Morgan fingerprint density at radius 1 is 1.04 bits per heavy atom. The van der Waals surface area contributed by atoms with Crippen LogP contribution in [0.15, 0.2) is 42.5 Å². The topological polar surface area (TPSA) is 32.3 Å². The molecule has 0 spiro atoms. The summed E-state index contributed by atoms with van der Waals surface area (Å²) in [6.45, 7) is 2.72. The molecule has 3 nitrogen and oxygen atoms in total. The van der Waals surface area contributed by atoms with Crippen LogP contribution >= 0.6 is 0 Å². The average Bonchev–Trinajstić information content (AvgIpc) is 2.51. The lowest BCUT2D eigenvalue weighted by atomic mass is 10.1. The number of hydrogen-bond donors (Lipinski definition) is 1. The summed E-state index contributed by atoms with van der Waals surface area (Å²) < 4.78 is 27.0. The third-order valence-corrected chi connectivity index (χ3v) is 3.52. The van der Waals surface area contributed by atoms with Crippen molar-refractivity contribution in [2.75, 3.05) is 18.9 Å². The highest BCUT2D eigenvalue weighted by Crippen LogP contribution is 2.17. The monoisotopic (exact) mass is 318 g/mol. The third-order valence-electron chi connectivity index (χ3n) is 3.52. The van der Waals surface area contributed by atoms with Gasteiger partial charge >= 0.3 is 0 Å². The van der Waals surface area contributed by atoms with Crippen LogP contribution in [-0.4, -0.2) is 24.4 Å². The second kappa shape index (κ2) is 7.83. The zero-order chi connectivity index (χ0) is 16.8. The fourth-order valence-corrected chi connectivity index (χ4v) is 2.29. The van der Waals surface area contributed by atoms with E-state index in [0.29, 0.717) is 6.54 Å². The number of anilines is 1. The van der Waals surface area contributed by atoms with Crippen molar-refractivity contribution in [2.45, 2.75) is 19.9 Å². The molecular weight excluding hydrogens is 298 g/mol. The van der Waals surface area contributed by atoms with Crippen molar-refractivity contribution in [3.05, 3.63) is 65.2 Å². The molecule has 0 radical (unpaired) electrons. The van der Waals surface area contributed by atoms with Gasteiger partial charge in [0.2, 0.25) is 5.91 Å². The quantitative estimate of drug-likeness (QED) is 0.882. The number of benzene rings is 2. The van der Waals surface area contributed by atoms with Gasteiger partial charge in [0.1, 0.15) is 17.3 Å². The Kier molecular flexibility index (Phi) is 5.82. The van der Waals surface area contributed by atoms with Crippen LogP contribution in [0.4, 0.5) is 14.5 Å². The number of aryl methyl sites for hydroxylation is 1. The Balaban J connectivity index is 1.91. The van der Waals surface area contributed by atoms with Crippen LogP contribution in [0.3, 0.4) is 0 Å². The van der Waals surface area contributed by atoms with E-state index in [2.05, 4.69) is 24.4 Å². The van der Waals surface area contributed by atoms with Gasteiger partial charge in [-0.15, -0.1) is 0 Å². The van der Waals surface area contributed by atoms with Crippen LogP contribution in [0.1, 0.15) is 18.1 Å². The normalized spacial score (nSPS) is 10.8. The maximum atomic E-state index is 13.5. The molecule has 5 heteroatoms. The van der Waals surface area contributed by atoms with Crippen molar-refractivity contribution in [1.82, 2.24) is 4.90 Å². The van der Waals surface area contributed by atoms with E-state index in [1.807, 2.05) is 12.1 Å². The fraction of sp³-hybridized carbons (Fsp3) is 0.278. The molecule has 2 aromatic carbocycles. The first kappa shape index (κ1) is 17.1. The lowest BCUT2D eigenvalue weighted by Crippen LogP contribution is -2.30. The van der Waals surface area contributed by atoms with Crippen molar-refractivity contribution in [3.63, 3.8) is 0 Å². The molecule has 2 rings (SSSR count). The predicted molar refractivity (Wildman–Crippen MR) is 87.1 cm³/mol. The predicted octanol–water partition coefficient (Wildman–Crippen LogP) is 3.60. The van der Waals surface area contributed by atoms with Crippen LogP contribution in [0.2, 0.25) is 0 Å². The molecule has 0 saturated heterocycles. The summed E-state index contributed by atoms with van der Waals surface area (Å²) in [7, 11) is 1.78. The van der Waals surface area contributed by atoms with Crippen LogP contribution < -0.4 is 5.32 Å². The van der Waals surface area contributed by atoms with E-state index in [1.165, 1.54) is 11.6 Å². The van der Waals surface area contributed by atoms with Crippen molar-refractivity contribution >= 4 is 11.6 Å². The van der Waals surface area contributed by atoms with Gasteiger partial charge in [-0.3, -0.25) is 9.69 Å². The fourth-order valence-electron chi connectivity index (χ4n) is 2.29. The zero-order valence-electron chi connectivity index (χ0n) is 13.3. The van der Waals surface area contributed by atoms with E-state index in [4.69, 9.17) is 0 Å². The second-order valence-electron chi connectivity index (χ2n) is 5.49. The van der Waals surface area contributed by atoms with Gasteiger partial charge in [0, 0.05) is 6.54 Å². The highest BCUT2D eigenvalue weighted by Gasteiger charge is 2.13. The van der Waals surface area contributed by atoms with Crippen molar-refractivity contribution in [2.24, 2.45) is 0 Å². The number of likely N-dealkylation sites (N-methyl/N-ethyl adjacent to an activating group) is 1. The van der Waals surface area contributed by atoms with Gasteiger partial charge < -0.3 is 5.32 Å². The lowest BCUT2D eigenvalue weighted by Gasteiger charge is -2.17. The van der Waals surface area contributed by atoms with Gasteiger partial charge in [0.05, 0.1) is 6.54 Å². The molecule has 0 saturated carbocycles.